The molecule has 3 aromatic rings. The van der Waals surface area contributed by atoms with Crippen molar-refractivity contribution in [3.05, 3.63) is 42.1 Å². The van der Waals surface area contributed by atoms with Crippen LogP contribution in [0.5, 0.6) is 5.75 Å². The molecule has 4 heterocycles. The topological polar surface area (TPSA) is 83.4 Å². The molecule has 1 atom stereocenters. The van der Waals surface area contributed by atoms with Crippen LogP contribution in [0.4, 0.5) is 5.82 Å². The zero-order valence-electron chi connectivity index (χ0n) is 17.6. The van der Waals surface area contributed by atoms with Gasteiger partial charge in [0.15, 0.2) is 5.82 Å². The zero-order chi connectivity index (χ0) is 21.2. The highest BCUT2D eigenvalue weighted by molar-refractivity contribution is 7.09. The van der Waals surface area contributed by atoms with Crippen LogP contribution >= 0.6 is 11.5 Å². The number of aromatic hydroxyl groups is 1. The van der Waals surface area contributed by atoms with Crippen molar-refractivity contribution in [2.75, 3.05) is 31.2 Å². The van der Waals surface area contributed by atoms with Gasteiger partial charge in [-0.15, -0.1) is 10.2 Å². The Morgan fingerprint density at radius 1 is 1.06 bits per heavy atom. The molecule has 2 aromatic heterocycles. The Morgan fingerprint density at radius 3 is 2.65 bits per heavy atom. The Labute approximate surface area is 186 Å². The minimum absolute atomic E-state index is 0.201. The lowest BCUT2D eigenvalue weighted by atomic mass is 10.1. The van der Waals surface area contributed by atoms with Gasteiger partial charge in [0.1, 0.15) is 5.75 Å². The molecule has 2 N–H and O–H groups in total. The minimum atomic E-state index is 0.201. The molecule has 2 aliphatic rings. The molecular formula is C23H27N5O2S. The Balaban J connectivity index is 1.25. The summed E-state index contributed by atoms with van der Waals surface area (Å²) in [4.78, 5) is 3.32. The molecule has 2 fully saturated rings. The number of phenolic OH excluding ortho intramolecular Hbond substituents is 1. The number of anilines is 1. The lowest BCUT2D eigenvalue weighted by Crippen LogP contribution is -2.43. The van der Waals surface area contributed by atoms with Crippen LogP contribution in [-0.4, -0.2) is 58.1 Å². The highest BCUT2D eigenvalue weighted by Crippen LogP contribution is 2.34. The van der Waals surface area contributed by atoms with Gasteiger partial charge < -0.3 is 20.1 Å². The lowest BCUT2D eigenvalue weighted by molar-refractivity contribution is 0.0755. The molecule has 2 aliphatic heterocycles. The van der Waals surface area contributed by atoms with Crippen molar-refractivity contribution in [2.24, 2.45) is 0 Å². The van der Waals surface area contributed by atoms with Crippen LogP contribution in [0.2, 0.25) is 0 Å². The summed E-state index contributed by atoms with van der Waals surface area (Å²) < 4.78 is 9.76. The summed E-state index contributed by atoms with van der Waals surface area (Å²) in [5.74, 6) is 1.09. The molecule has 1 unspecified atom stereocenters. The number of benzene rings is 1. The van der Waals surface area contributed by atoms with Gasteiger partial charge in [-0.1, -0.05) is 6.07 Å². The van der Waals surface area contributed by atoms with E-state index in [9.17, 15) is 5.11 Å². The van der Waals surface area contributed by atoms with Crippen LogP contribution in [0, 0.1) is 6.92 Å². The van der Waals surface area contributed by atoms with Crippen LogP contribution in [0.15, 0.2) is 36.4 Å². The first kappa shape index (κ1) is 20.4. The van der Waals surface area contributed by atoms with Gasteiger partial charge in [-0.2, -0.15) is 4.37 Å². The van der Waals surface area contributed by atoms with E-state index in [0.29, 0.717) is 23.3 Å². The molecule has 0 spiro atoms. The second-order valence-corrected chi connectivity index (χ2v) is 9.13. The molecule has 31 heavy (non-hydrogen) atoms. The average molecular weight is 438 g/mol. The van der Waals surface area contributed by atoms with Crippen molar-refractivity contribution in [1.29, 1.82) is 0 Å². The average Bonchev–Trinajstić information content (AvgIpc) is 3.44. The molecule has 2 saturated heterocycles. The van der Waals surface area contributed by atoms with E-state index < -0.39 is 0 Å². The van der Waals surface area contributed by atoms with Crippen LogP contribution in [0.25, 0.3) is 21.7 Å². The second kappa shape index (κ2) is 8.90. The Hall–Kier alpha value is -2.55. The van der Waals surface area contributed by atoms with Gasteiger partial charge in [0, 0.05) is 44.0 Å². The van der Waals surface area contributed by atoms with Crippen molar-refractivity contribution >= 4 is 17.4 Å². The number of nitrogens with zero attached hydrogens (tertiary/aromatic N) is 4. The van der Waals surface area contributed by atoms with Crippen molar-refractivity contribution in [2.45, 2.75) is 38.3 Å². The van der Waals surface area contributed by atoms with E-state index in [1.807, 2.05) is 37.3 Å². The van der Waals surface area contributed by atoms with Gasteiger partial charge in [0.25, 0.3) is 0 Å². The largest absolute Gasteiger partial charge is 0.507 e. The SMILES string of the molecule is Cc1cc(-c2ccc(-c3ccc(N4CCC(NC5CCOCC5)C4)nn3)c(O)c2)sn1. The Kier molecular flexibility index (Phi) is 5.85. The molecule has 7 nitrogen and oxygen atoms in total. The Morgan fingerprint density at radius 2 is 1.94 bits per heavy atom. The summed E-state index contributed by atoms with van der Waals surface area (Å²) in [6.07, 6.45) is 3.30. The summed E-state index contributed by atoms with van der Waals surface area (Å²) in [6, 6.07) is 12.7. The first-order valence-corrected chi connectivity index (χ1v) is 11.6. The number of ether oxygens (including phenoxy) is 1. The molecule has 0 amide bonds. The zero-order valence-corrected chi connectivity index (χ0v) is 18.4. The van der Waals surface area contributed by atoms with Crippen LogP contribution in [0.3, 0.4) is 0 Å². The fourth-order valence-corrected chi connectivity index (χ4v) is 5.09. The first-order valence-electron chi connectivity index (χ1n) is 10.9. The number of hydrogen-bond donors (Lipinski definition) is 2. The number of aryl methyl sites for hydroxylation is 1. The van der Waals surface area contributed by atoms with Gasteiger partial charge in [0.05, 0.1) is 16.3 Å². The van der Waals surface area contributed by atoms with Crippen molar-refractivity contribution in [3.63, 3.8) is 0 Å². The van der Waals surface area contributed by atoms with Crippen molar-refractivity contribution < 1.29 is 9.84 Å². The van der Waals surface area contributed by atoms with Gasteiger partial charge >= 0.3 is 0 Å². The number of nitrogens with one attached hydrogen (secondary N) is 1. The minimum Gasteiger partial charge on any atom is -0.507 e. The number of hydrogen-bond acceptors (Lipinski definition) is 8. The number of rotatable bonds is 5. The van der Waals surface area contributed by atoms with E-state index >= 15 is 0 Å². The molecule has 5 rings (SSSR count). The predicted octanol–water partition coefficient (Wildman–Crippen LogP) is 3.63. The summed E-state index contributed by atoms with van der Waals surface area (Å²) in [6.45, 7) is 5.61. The fraction of sp³-hybridized carbons (Fsp3) is 0.435. The van der Waals surface area contributed by atoms with E-state index in [0.717, 1.165) is 67.5 Å². The van der Waals surface area contributed by atoms with E-state index in [2.05, 4.69) is 24.8 Å². The van der Waals surface area contributed by atoms with E-state index in [1.165, 1.54) is 11.5 Å². The van der Waals surface area contributed by atoms with Crippen molar-refractivity contribution in [3.8, 4) is 27.4 Å². The van der Waals surface area contributed by atoms with E-state index in [4.69, 9.17) is 4.74 Å². The number of phenols is 1. The molecule has 0 aliphatic carbocycles. The normalized spacial score (nSPS) is 19.8. The molecule has 0 bridgehead atoms. The Bertz CT molecular complexity index is 1030. The van der Waals surface area contributed by atoms with Crippen LogP contribution in [-0.2, 0) is 4.74 Å². The number of aromatic nitrogens is 3. The highest BCUT2D eigenvalue weighted by atomic mass is 32.1. The van der Waals surface area contributed by atoms with Gasteiger partial charge in [0.2, 0.25) is 0 Å². The molecule has 0 radical (unpaired) electrons. The van der Waals surface area contributed by atoms with Crippen molar-refractivity contribution in [1.82, 2.24) is 19.9 Å². The van der Waals surface area contributed by atoms with E-state index in [1.54, 1.807) is 6.07 Å². The fourth-order valence-electron chi connectivity index (χ4n) is 4.34. The molecule has 8 heteroatoms. The van der Waals surface area contributed by atoms with Crippen LogP contribution < -0.4 is 10.2 Å². The van der Waals surface area contributed by atoms with Gasteiger partial charge in [-0.25, -0.2) is 0 Å². The maximum absolute atomic E-state index is 10.6. The standard InChI is InChI=1S/C23H27N5O2S/c1-15-12-22(31-27-15)16-2-3-19(21(29)13-16)20-4-5-23(26-25-20)28-9-6-18(14-28)24-17-7-10-30-11-8-17/h2-5,12-13,17-18,24,29H,6-11,14H2,1H3. The predicted molar refractivity (Wildman–Crippen MR) is 123 cm³/mol. The third kappa shape index (κ3) is 4.56. The molecule has 162 valence electrons. The maximum atomic E-state index is 10.6. The third-order valence-electron chi connectivity index (χ3n) is 6.04. The summed E-state index contributed by atoms with van der Waals surface area (Å²) in [5.41, 5.74) is 3.29. The maximum Gasteiger partial charge on any atom is 0.151 e. The van der Waals surface area contributed by atoms with Gasteiger partial charge in [-0.3, -0.25) is 0 Å². The summed E-state index contributed by atoms with van der Waals surface area (Å²) in [5, 5.41) is 23.2. The first-order chi connectivity index (χ1) is 15.2. The summed E-state index contributed by atoms with van der Waals surface area (Å²) in [7, 11) is 0. The molecular weight excluding hydrogens is 410 g/mol. The lowest BCUT2D eigenvalue weighted by Gasteiger charge is -2.26. The van der Waals surface area contributed by atoms with Crippen LogP contribution in [0.1, 0.15) is 25.0 Å². The molecule has 1 aromatic carbocycles. The quantitative estimate of drug-likeness (QED) is 0.631. The monoisotopic (exact) mass is 437 g/mol. The van der Waals surface area contributed by atoms with Gasteiger partial charge in [-0.05, 0) is 73.6 Å². The van der Waals surface area contributed by atoms with E-state index in [-0.39, 0.29) is 5.75 Å². The second-order valence-electron chi connectivity index (χ2n) is 8.33. The summed E-state index contributed by atoms with van der Waals surface area (Å²) >= 11 is 1.43. The smallest absolute Gasteiger partial charge is 0.151 e. The molecule has 0 saturated carbocycles. The highest BCUT2D eigenvalue weighted by Gasteiger charge is 2.26. The third-order valence-corrected chi connectivity index (χ3v) is 6.97.